The van der Waals surface area contributed by atoms with E-state index in [0.29, 0.717) is 43.5 Å². The Balaban J connectivity index is 0.940. The van der Waals surface area contributed by atoms with Crippen LogP contribution in [0.2, 0.25) is 0 Å². The minimum absolute atomic E-state index is 0.000323. The third-order valence-electron chi connectivity index (χ3n) is 14.2. The van der Waals surface area contributed by atoms with Gasteiger partial charge in [-0.1, -0.05) is 56.3 Å². The van der Waals surface area contributed by atoms with E-state index >= 15 is 0 Å². The third-order valence-corrected chi connectivity index (χ3v) is 14.2. The Morgan fingerprint density at radius 1 is 0.750 bits per heavy atom. The van der Waals surface area contributed by atoms with Crippen LogP contribution in [-0.4, -0.2) is 106 Å². The highest BCUT2D eigenvalue weighted by atomic mass is 16.5. The predicted molar refractivity (Wildman–Crippen MR) is 252 cm³/mol. The van der Waals surface area contributed by atoms with E-state index in [4.69, 9.17) is 4.74 Å². The predicted octanol–water partition coefficient (Wildman–Crippen LogP) is 4.15. The lowest BCUT2D eigenvalue weighted by molar-refractivity contribution is -0.151. The fraction of sp³-hybridized carbons (Fsp3) is 0.538. The zero-order valence-electron chi connectivity index (χ0n) is 39.4. The number of hydrogen-bond donors (Lipinski definition) is 6. The van der Waals surface area contributed by atoms with E-state index in [-0.39, 0.29) is 35.8 Å². The summed E-state index contributed by atoms with van der Waals surface area (Å²) in [6.45, 7) is 5.47. The molecule has 3 aromatic rings. The number of benzene rings is 2. The summed E-state index contributed by atoms with van der Waals surface area (Å²) in [4.78, 5) is 101. The number of hydrogen-bond acceptors (Lipinski definition) is 10. The SMILES string of the molecule is CC(C)C[C@@H](NC(=O)[C@H](Cc1ccccc1)NC(=O)CNC(=O)[C@@H](C)NC(=O)[C@H](Cc1ccc(O)cc1)NC(=O)[C@@H]1CCCN1C(=O)c1cccnc1)C(=O)OCCC12CC3CC(CC(C3)C1)C2. The number of likely N-dealkylation sites (tertiary alicyclic amines) is 1. The Hall–Kier alpha value is -6.32. The third kappa shape index (κ3) is 13.2. The number of esters is 1. The van der Waals surface area contributed by atoms with Gasteiger partial charge < -0.3 is 41.3 Å². The number of carbonyl (C=O) groups excluding carboxylic acids is 7. The van der Waals surface area contributed by atoms with Gasteiger partial charge in [-0.05, 0) is 136 Å². The van der Waals surface area contributed by atoms with Crippen molar-refractivity contribution in [2.24, 2.45) is 29.1 Å². The molecule has 0 spiro atoms. The summed E-state index contributed by atoms with van der Waals surface area (Å²) < 4.78 is 5.89. The van der Waals surface area contributed by atoms with Crippen LogP contribution in [0.25, 0.3) is 0 Å². The lowest BCUT2D eigenvalue weighted by atomic mass is 9.49. The second-order valence-corrected chi connectivity index (χ2v) is 20.1. The normalized spacial score (nSPS) is 23.1. The molecule has 5 atom stereocenters. The van der Waals surface area contributed by atoms with Gasteiger partial charge in [0.2, 0.25) is 29.5 Å². The molecule has 1 saturated heterocycles. The van der Waals surface area contributed by atoms with Gasteiger partial charge in [-0.3, -0.25) is 33.8 Å². The molecule has 0 radical (unpaired) electrons. The molecule has 5 aliphatic rings. The van der Waals surface area contributed by atoms with Crippen LogP contribution in [0, 0.1) is 29.1 Å². The molecule has 8 rings (SSSR count). The maximum Gasteiger partial charge on any atom is 0.328 e. The van der Waals surface area contributed by atoms with Gasteiger partial charge in [0.15, 0.2) is 0 Å². The minimum atomic E-state index is -1.18. The van der Waals surface area contributed by atoms with Gasteiger partial charge in [0.1, 0.15) is 36.0 Å². The van der Waals surface area contributed by atoms with Crippen molar-refractivity contribution >= 4 is 41.4 Å². The average molecular weight is 934 g/mol. The van der Waals surface area contributed by atoms with Crippen molar-refractivity contribution in [1.29, 1.82) is 0 Å². The number of carbonyl (C=O) groups is 7. The molecule has 4 bridgehead atoms. The summed E-state index contributed by atoms with van der Waals surface area (Å²) in [6.07, 6.45) is 12.8. The molecule has 4 aliphatic carbocycles. The summed E-state index contributed by atoms with van der Waals surface area (Å²) >= 11 is 0. The molecular formula is C52H67N7O9. The molecule has 5 fully saturated rings. The molecule has 0 unspecified atom stereocenters. The maximum atomic E-state index is 14.0. The fourth-order valence-electron chi connectivity index (χ4n) is 11.3. The molecule has 364 valence electrons. The Bertz CT molecular complexity index is 2220. The Morgan fingerprint density at radius 3 is 2.01 bits per heavy atom. The second kappa shape index (κ2) is 22.7. The van der Waals surface area contributed by atoms with Gasteiger partial charge in [0.25, 0.3) is 5.91 Å². The standard InChI is InChI=1S/C52H67N7O9/c1-32(2)21-43(51(67)68-20-17-52-27-36-22-37(28-52)24-38(23-36)29-52)58-48(64)41(25-34-9-5-4-6-10-34)56-45(61)31-54-46(62)33(3)55-47(63)42(26-35-13-15-40(60)16-14-35)57-49(65)44-12-8-19-59(44)50(66)39-11-7-18-53-30-39/h4-7,9-11,13-16,18,30,32-33,36-38,41-44,60H,8,12,17,19-29,31H2,1-3H3,(H,54,62)(H,55,63)(H,56,61)(H,57,65)(H,58,64)/t33-,36?,37?,38?,41+,42+,43-,44+,52?/m1/s1. The molecule has 1 aliphatic heterocycles. The van der Waals surface area contributed by atoms with Crippen molar-refractivity contribution in [2.45, 2.75) is 128 Å². The van der Waals surface area contributed by atoms with Gasteiger partial charge in [-0.2, -0.15) is 0 Å². The Labute approximate surface area is 398 Å². The Morgan fingerprint density at radius 2 is 1.38 bits per heavy atom. The summed E-state index contributed by atoms with van der Waals surface area (Å²) in [5.41, 5.74) is 1.95. The highest BCUT2D eigenvalue weighted by molar-refractivity contribution is 5.99. The van der Waals surface area contributed by atoms with Crippen LogP contribution in [0.15, 0.2) is 79.1 Å². The number of pyridine rings is 1. The van der Waals surface area contributed by atoms with Crippen LogP contribution in [0.5, 0.6) is 5.75 Å². The average Bonchev–Trinajstić information content (AvgIpc) is 3.81. The van der Waals surface area contributed by atoms with Gasteiger partial charge in [0, 0.05) is 31.8 Å². The first-order chi connectivity index (χ1) is 32.6. The van der Waals surface area contributed by atoms with Crippen molar-refractivity contribution in [3.05, 3.63) is 95.8 Å². The number of phenolic OH excluding ortho intramolecular Hbond substituents is 1. The molecule has 6 N–H and O–H groups in total. The molecule has 4 saturated carbocycles. The number of ether oxygens (including phenoxy) is 1. The monoisotopic (exact) mass is 934 g/mol. The summed E-state index contributed by atoms with van der Waals surface area (Å²) in [5, 5.41) is 23.4. The zero-order chi connectivity index (χ0) is 48.4. The largest absolute Gasteiger partial charge is 0.508 e. The smallest absolute Gasteiger partial charge is 0.328 e. The molecule has 6 amide bonds. The lowest BCUT2D eigenvalue weighted by Gasteiger charge is -2.57. The van der Waals surface area contributed by atoms with Crippen molar-refractivity contribution < 1.29 is 43.4 Å². The molecular weight excluding hydrogens is 867 g/mol. The Kier molecular flexibility index (Phi) is 16.5. The number of phenols is 1. The second-order valence-electron chi connectivity index (χ2n) is 20.1. The maximum absolute atomic E-state index is 14.0. The molecule has 1 aromatic heterocycles. The number of nitrogens with one attached hydrogen (secondary N) is 5. The van der Waals surface area contributed by atoms with E-state index < -0.39 is 72.3 Å². The van der Waals surface area contributed by atoms with Crippen molar-refractivity contribution in [2.75, 3.05) is 19.7 Å². The van der Waals surface area contributed by atoms with Crippen LogP contribution in [0.4, 0.5) is 0 Å². The van der Waals surface area contributed by atoms with Crippen LogP contribution in [0.1, 0.15) is 106 Å². The number of rotatable bonds is 21. The van der Waals surface area contributed by atoms with Gasteiger partial charge in [-0.25, -0.2) is 4.79 Å². The van der Waals surface area contributed by atoms with E-state index in [9.17, 15) is 38.7 Å². The van der Waals surface area contributed by atoms with Gasteiger partial charge in [0.05, 0.1) is 18.7 Å². The fourth-order valence-corrected chi connectivity index (χ4v) is 11.3. The van der Waals surface area contributed by atoms with E-state index in [1.165, 1.54) is 68.7 Å². The van der Waals surface area contributed by atoms with Crippen LogP contribution in [-0.2, 0) is 46.3 Å². The number of aromatic nitrogens is 1. The van der Waals surface area contributed by atoms with Crippen LogP contribution >= 0.6 is 0 Å². The van der Waals surface area contributed by atoms with E-state index in [1.54, 1.807) is 30.5 Å². The number of amides is 6. The van der Waals surface area contributed by atoms with Crippen LogP contribution < -0.4 is 26.6 Å². The zero-order valence-corrected chi connectivity index (χ0v) is 39.4. The van der Waals surface area contributed by atoms with Gasteiger partial charge in [-0.15, -0.1) is 0 Å². The molecule has 16 nitrogen and oxygen atoms in total. The number of nitrogens with zero attached hydrogens (tertiary/aromatic N) is 2. The van der Waals surface area contributed by atoms with E-state index in [0.717, 1.165) is 29.7 Å². The van der Waals surface area contributed by atoms with Gasteiger partial charge >= 0.3 is 5.97 Å². The topological polar surface area (TPSA) is 225 Å². The first kappa shape index (κ1) is 49.6. The first-order valence-corrected chi connectivity index (χ1v) is 24.3. The minimum Gasteiger partial charge on any atom is -0.508 e. The van der Waals surface area contributed by atoms with E-state index in [1.807, 2.05) is 44.2 Å². The summed E-state index contributed by atoms with van der Waals surface area (Å²) in [7, 11) is 0. The molecule has 2 aromatic carbocycles. The number of aromatic hydroxyl groups is 1. The molecule has 68 heavy (non-hydrogen) atoms. The highest BCUT2D eigenvalue weighted by Crippen LogP contribution is 2.61. The summed E-state index contributed by atoms with van der Waals surface area (Å²) in [6, 6.07) is 13.3. The molecule has 2 heterocycles. The van der Waals surface area contributed by atoms with Crippen molar-refractivity contribution in [1.82, 2.24) is 36.5 Å². The highest BCUT2D eigenvalue weighted by Gasteiger charge is 2.50. The van der Waals surface area contributed by atoms with Crippen LogP contribution in [0.3, 0.4) is 0 Å². The summed E-state index contributed by atoms with van der Waals surface area (Å²) in [5.74, 6) is -1.60. The van der Waals surface area contributed by atoms with Crippen molar-refractivity contribution in [3.8, 4) is 5.75 Å². The van der Waals surface area contributed by atoms with Crippen molar-refractivity contribution in [3.63, 3.8) is 0 Å². The molecule has 16 heteroatoms. The van der Waals surface area contributed by atoms with E-state index in [2.05, 4.69) is 31.6 Å². The first-order valence-electron chi connectivity index (χ1n) is 24.3. The quantitative estimate of drug-likeness (QED) is 0.0838. The lowest BCUT2D eigenvalue weighted by Crippen LogP contribution is -2.57.